The van der Waals surface area contributed by atoms with Crippen LogP contribution in [0, 0.1) is 0 Å². The van der Waals surface area contributed by atoms with Gasteiger partial charge in [0, 0.05) is 0 Å². The number of rotatable bonds is 1. The Bertz CT molecular complexity index is 373. The van der Waals surface area contributed by atoms with Crippen molar-refractivity contribution in [2.75, 3.05) is 5.48 Å². The number of anilines is 1. The molecule has 2 N–H and O–H groups in total. The Hall–Kier alpha value is -1.20. The molecule has 2 aromatic rings. The lowest BCUT2D eigenvalue weighted by Crippen LogP contribution is -1.87. The number of hydrogen-bond acceptors (Lipinski definition) is 5. The van der Waals surface area contributed by atoms with Crippen molar-refractivity contribution < 1.29 is 5.21 Å². The molecule has 5 heteroatoms. The van der Waals surface area contributed by atoms with Crippen LogP contribution in [0.15, 0.2) is 18.2 Å². The zero-order valence-electron chi connectivity index (χ0n) is 5.48. The molecule has 0 aliphatic carbocycles. The van der Waals surface area contributed by atoms with Crippen molar-refractivity contribution in [3.05, 3.63) is 18.2 Å². The van der Waals surface area contributed by atoms with E-state index in [1.54, 1.807) is 18.2 Å². The van der Waals surface area contributed by atoms with E-state index in [2.05, 4.69) is 8.75 Å². The van der Waals surface area contributed by atoms with Crippen molar-refractivity contribution in [2.24, 2.45) is 0 Å². The van der Waals surface area contributed by atoms with E-state index in [0.717, 1.165) is 22.8 Å². The van der Waals surface area contributed by atoms with Gasteiger partial charge in [-0.1, -0.05) is 0 Å². The average molecular weight is 167 g/mol. The predicted octanol–water partition coefficient (Wildman–Crippen LogP) is 1.49. The molecule has 2 rings (SSSR count). The van der Waals surface area contributed by atoms with Crippen molar-refractivity contribution >= 4 is 28.4 Å². The minimum Gasteiger partial charge on any atom is -0.291 e. The summed E-state index contributed by atoms with van der Waals surface area (Å²) in [6.45, 7) is 0. The van der Waals surface area contributed by atoms with Crippen LogP contribution in [0.3, 0.4) is 0 Å². The van der Waals surface area contributed by atoms with Crippen LogP contribution >= 0.6 is 11.7 Å². The maximum absolute atomic E-state index is 8.54. The van der Waals surface area contributed by atoms with Crippen LogP contribution in [0.1, 0.15) is 0 Å². The first-order valence-corrected chi connectivity index (χ1v) is 3.75. The van der Waals surface area contributed by atoms with Gasteiger partial charge >= 0.3 is 0 Å². The summed E-state index contributed by atoms with van der Waals surface area (Å²) in [6, 6.07) is 5.28. The molecule has 0 bridgehead atoms. The van der Waals surface area contributed by atoms with Gasteiger partial charge in [-0.15, -0.1) is 0 Å². The molecular weight excluding hydrogens is 162 g/mol. The van der Waals surface area contributed by atoms with Gasteiger partial charge in [0.2, 0.25) is 0 Å². The molecule has 0 fully saturated rings. The van der Waals surface area contributed by atoms with Crippen molar-refractivity contribution in [2.45, 2.75) is 0 Å². The van der Waals surface area contributed by atoms with Gasteiger partial charge in [-0.25, -0.2) is 0 Å². The predicted molar refractivity (Wildman–Crippen MR) is 42.8 cm³/mol. The van der Waals surface area contributed by atoms with Gasteiger partial charge in [0.25, 0.3) is 0 Å². The Morgan fingerprint density at radius 2 is 2.09 bits per heavy atom. The van der Waals surface area contributed by atoms with Crippen LogP contribution in [0.4, 0.5) is 5.69 Å². The van der Waals surface area contributed by atoms with E-state index in [4.69, 9.17) is 5.21 Å². The normalized spacial score (nSPS) is 10.3. The van der Waals surface area contributed by atoms with Gasteiger partial charge in [-0.3, -0.25) is 10.7 Å². The number of benzene rings is 1. The summed E-state index contributed by atoms with van der Waals surface area (Å²) >= 11 is 1.16. The number of hydrogen-bond donors (Lipinski definition) is 2. The number of aromatic nitrogens is 2. The maximum atomic E-state index is 8.54. The van der Waals surface area contributed by atoms with Crippen molar-refractivity contribution in [1.29, 1.82) is 0 Å². The fraction of sp³-hybridized carbons (Fsp3) is 0. The molecule has 1 aromatic carbocycles. The quantitative estimate of drug-likeness (QED) is 0.632. The summed E-state index contributed by atoms with van der Waals surface area (Å²) in [5.74, 6) is 0. The highest BCUT2D eigenvalue weighted by Crippen LogP contribution is 2.15. The van der Waals surface area contributed by atoms with Crippen molar-refractivity contribution in [1.82, 2.24) is 8.75 Å². The maximum Gasteiger partial charge on any atom is 0.106 e. The Balaban J connectivity index is 2.67. The van der Waals surface area contributed by atoms with Crippen molar-refractivity contribution in [3.8, 4) is 0 Å². The zero-order valence-corrected chi connectivity index (χ0v) is 6.30. The summed E-state index contributed by atoms with van der Waals surface area (Å²) in [6.07, 6.45) is 0. The first-order valence-electron chi connectivity index (χ1n) is 3.02. The third-order valence-corrected chi connectivity index (χ3v) is 1.94. The smallest absolute Gasteiger partial charge is 0.106 e. The molecule has 56 valence electrons. The second kappa shape index (κ2) is 2.44. The van der Waals surface area contributed by atoms with E-state index in [9.17, 15) is 0 Å². The van der Waals surface area contributed by atoms with Crippen LogP contribution in [0.25, 0.3) is 11.0 Å². The molecule has 0 atom stereocenters. The molecular formula is C6H5N3OS. The Morgan fingerprint density at radius 1 is 1.27 bits per heavy atom. The Morgan fingerprint density at radius 3 is 2.91 bits per heavy atom. The molecule has 0 spiro atoms. The fourth-order valence-electron chi connectivity index (χ4n) is 0.852. The number of nitrogens with one attached hydrogen (secondary N) is 1. The Kier molecular flexibility index (Phi) is 1.45. The highest BCUT2D eigenvalue weighted by atomic mass is 32.1. The fourth-order valence-corrected chi connectivity index (χ4v) is 1.37. The second-order valence-corrected chi connectivity index (χ2v) is 2.61. The molecule has 0 amide bonds. The van der Waals surface area contributed by atoms with E-state index in [0.29, 0.717) is 5.69 Å². The first-order chi connectivity index (χ1) is 5.40. The lowest BCUT2D eigenvalue weighted by molar-refractivity contribution is 0.389. The van der Waals surface area contributed by atoms with Gasteiger partial charge in [0.1, 0.15) is 11.0 Å². The molecule has 1 aromatic heterocycles. The highest BCUT2D eigenvalue weighted by Gasteiger charge is 1.97. The number of nitrogens with zero attached hydrogens (tertiary/aromatic N) is 2. The van der Waals surface area contributed by atoms with Gasteiger partial charge in [-0.05, 0) is 18.2 Å². The van der Waals surface area contributed by atoms with Crippen LogP contribution in [-0.4, -0.2) is 14.0 Å². The van der Waals surface area contributed by atoms with Crippen LogP contribution < -0.4 is 5.48 Å². The van der Waals surface area contributed by atoms with E-state index >= 15 is 0 Å². The van der Waals surface area contributed by atoms with Gasteiger partial charge in [-0.2, -0.15) is 8.75 Å². The molecule has 0 saturated heterocycles. The molecule has 0 unspecified atom stereocenters. The van der Waals surface area contributed by atoms with E-state index in [1.807, 2.05) is 5.48 Å². The molecule has 0 radical (unpaired) electrons. The topological polar surface area (TPSA) is 58.0 Å². The average Bonchev–Trinajstić information content (AvgIpc) is 2.50. The SMILES string of the molecule is ONc1ccc2nsnc2c1. The highest BCUT2D eigenvalue weighted by molar-refractivity contribution is 7.00. The molecule has 0 aliphatic rings. The summed E-state index contributed by atoms with van der Waals surface area (Å²) in [5.41, 5.74) is 4.33. The standard InChI is InChI=1S/C6H5N3OS/c10-7-4-1-2-5-6(3-4)9-11-8-5/h1-3,7,10H. The van der Waals surface area contributed by atoms with E-state index < -0.39 is 0 Å². The van der Waals surface area contributed by atoms with Gasteiger partial charge in [0.05, 0.1) is 17.4 Å². The summed E-state index contributed by atoms with van der Waals surface area (Å²) in [5, 5.41) is 8.54. The third kappa shape index (κ3) is 1.04. The molecule has 11 heavy (non-hydrogen) atoms. The molecule has 0 aliphatic heterocycles. The summed E-state index contributed by atoms with van der Waals surface area (Å²) in [4.78, 5) is 0. The molecule has 4 nitrogen and oxygen atoms in total. The van der Waals surface area contributed by atoms with Crippen LogP contribution in [0.2, 0.25) is 0 Å². The van der Waals surface area contributed by atoms with Gasteiger partial charge in [0.15, 0.2) is 0 Å². The van der Waals surface area contributed by atoms with Crippen LogP contribution in [-0.2, 0) is 0 Å². The van der Waals surface area contributed by atoms with E-state index in [1.165, 1.54) is 0 Å². The molecule has 0 saturated carbocycles. The lowest BCUT2D eigenvalue weighted by atomic mass is 10.3. The minimum absolute atomic E-state index is 0.630. The van der Waals surface area contributed by atoms with Gasteiger partial charge < -0.3 is 0 Å². The first kappa shape index (κ1) is 6.51. The lowest BCUT2D eigenvalue weighted by Gasteiger charge is -1.94. The zero-order chi connectivity index (χ0) is 7.68. The third-order valence-electron chi connectivity index (χ3n) is 1.38. The van der Waals surface area contributed by atoms with E-state index in [-0.39, 0.29) is 0 Å². The minimum atomic E-state index is 0.630. The summed E-state index contributed by atoms with van der Waals surface area (Å²) < 4.78 is 8.02. The van der Waals surface area contributed by atoms with Crippen LogP contribution in [0.5, 0.6) is 0 Å². The largest absolute Gasteiger partial charge is 0.291 e. The van der Waals surface area contributed by atoms with Crippen molar-refractivity contribution in [3.63, 3.8) is 0 Å². The summed E-state index contributed by atoms with van der Waals surface area (Å²) in [7, 11) is 0. The second-order valence-electron chi connectivity index (χ2n) is 2.08. The molecule has 1 heterocycles. The monoisotopic (exact) mass is 167 g/mol. The Labute approximate surface area is 66.8 Å². The number of fused-ring (bicyclic) bond motifs is 1.